The largest absolute Gasteiger partial charge is 0.472 e. The van der Waals surface area contributed by atoms with Crippen molar-refractivity contribution < 1.29 is 47.8 Å². The highest BCUT2D eigenvalue weighted by molar-refractivity contribution is 7.47. The number of hydrogen-bond donors (Lipinski definition) is 4. The maximum Gasteiger partial charge on any atom is 0.472 e. The van der Waals surface area contributed by atoms with Gasteiger partial charge in [0.15, 0.2) is 6.10 Å². The van der Waals surface area contributed by atoms with Crippen molar-refractivity contribution in [3.63, 3.8) is 0 Å². The van der Waals surface area contributed by atoms with Gasteiger partial charge in [0.1, 0.15) is 6.61 Å². The molecule has 0 spiro atoms. The van der Waals surface area contributed by atoms with Gasteiger partial charge in [0.2, 0.25) is 0 Å². The normalized spacial score (nSPS) is 15.2. The Kier molecular flexibility index (Phi) is 36.4. The van der Waals surface area contributed by atoms with Crippen LogP contribution in [0.1, 0.15) is 142 Å². The van der Waals surface area contributed by atoms with Crippen molar-refractivity contribution in [2.45, 2.75) is 161 Å². The fraction of sp³-hybridized carbons (Fsp3) is 0.674. The molecule has 0 aliphatic heterocycles. The van der Waals surface area contributed by atoms with Gasteiger partial charge in [-0.3, -0.25) is 18.6 Å². The summed E-state index contributed by atoms with van der Waals surface area (Å²) >= 11 is 0. The Morgan fingerprint density at radius 2 is 1.20 bits per heavy atom. The Labute approximate surface area is 332 Å². The Bertz CT molecular complexity index is 1170. The van der Waals surface area contributed by atoms with Crippen molar-refractivity contribution in [2.75, 3.05) is 26.4 Å². The molecule has 0 rings (SSSR count). The van der Waals surface area contributed by atoms with E-state index < -0.39 is 44.7 Å². The summed E-state index contributed by atoms with van der Waals surface area (Å²) in [5.74, 6) is -1.00. The predicted molar refractivity (Wildman–Crippen MR) is 222 cm³/mol. The third-order valence-electron chi connectivity index (χ3n) is 8.29. The molecular weight excluding hydrogens is 721 g/mol. The summed E-state index contributed by atoms with van der Waals surface area (Å²) in [5.41, 5.74) is 5.33. The first-order valence-electron chi connectivity index (χ1n) is 20.6. The number of carbonyl (C=O) groups excluding carboxylic acids is 2. The molecule has 0 radical (unpaired) electrons. The number of rotatable bonds is 37. The van der Waals surface area contributed by atoms with E-state index >= 15 is 0 Å². The number of nitrogens with two attached hydrogens (primary N) is 1. The molecule has 0 saturated carbocycles. The fourth-order valence-electron chi connectivity index (χ4n) is 5.19. The van der Waals surface area contributed by atoms with Crippen LogP contribution in [-0.2, 0) is 32.7 Å². The lowest BCUT2D eigenvalue weighted by Gasteiger charge is -2.19. The van der Waals surface area contributed by atoms with Crippen LogP contribution in [0.15, 0.2) is 72.9 Å². The van der Waals surface area contributed by atoms with Crippen molar-refractivity contribution in [1.82, 2.24) is 0 Å². The Morgan fingerprint density at radius 1 is 0.655 bits per heavy atom. The maximum atomic E-state index is 12.5. The monoisotopic (exact) mass is 796 g/mol. The smallest absolute Gasteiger partial charge is 0.462 e. The number of phosphoric ester groups is 1. The van der Waals surface area contributed by atoms with Gasteiger partial charge in [-0.15, -0.1) is 0 Å². The van der Waals surface area contributed by atoms with E-state index in [-0.39, 0.29) is 32.6 Å². The van der Waals surface area contributed by atoms with Crippen LogP contribution in [0.5, 0.6) is 0 Å². The van der Waals surface area contributed by atoms with Crippen molar-refractivity contribution >= 4 is 19.8 Å². The minimum atomic E-state index is -4.42. The summed E-state index contributed by atoms with van der Waals surface area (Å²) in [6.07, 6.45) is 38.7. The van der Waals surface area contributed by atoms with E-state index in [1.807, 2.05) is 43.4 Å². The Balaban J connectivity index is 4.43. The van der Waals surface area contributed by atoms with Crippen molar-refractivity contribution in [3.8, 4) is 0 Å². The second-order valence-electron chi connectivity index (χ2n) is 13.5. The average molecular weight is 796 g/mol. The molecule has 0 saturated heterocycles. The van der Waals surface area contributed by atoms with Crippen LogP contribution in [0.25, 0.3) is 0 Å². The lowest BCUT2D eigenvalue weighted by Crippen LogP contribution is -2.29. The predicted octanol–water partition coefficient (Wildman–Crippen LogP) is 9.43. The van der Waals surface area contributed by atoms with Crippen LogP contribution >= 0.6 is 7.82 Å². The van der Waals surface area contributed by atoms with Gasteiger partial charge in [-0.2, -0.15) is 0 Å². The Hall–Kier alpha value is -2.63. The Morgan fingerprint density at radius 3 is 1.76 bits per heavy atom. The zero-order chi connectivity index (χ0) is 40.7. The third kappa shape index (κ3) is 38.0. The van der Waals surface area contributed by atoms with Gasteiger partial charge in [0, 0.05) is 19.4 Å². The number of unbranched alkanes of at least 4 members (excludes halogenated alkanes) is 12. The van der Waals surface area contributed by atoms with Crippen LogP contribution in [0, 0.1) is 0 Å². The molecule has 1 unspecified atom stereocenters. The third-order valence-corrected chi connectivity index (χ3v) is 9.27. The van der Waals surface area contributed by atoms with E-state index in [0.29, 0.717) is 32.1 Å². The summed E-state index contributed by atoms with van der Waals surface area (Å²) in [6, 6.07) is 0. The van der Waals surface area contributed by atoms with Gasteiger partial charge < -0.3 is 30.3 Å². The van der Waals surface area contributed by atoms with Gasteiger partial charge in [0.25, 0.3) is 0 Å². The number of allylic oxidation sites excluding steroid dienone is 8. The van der Waals surface area contributed by atoms with Crippen LogP contribution in [-0.4, -0.2) is 71.7 Å². The first kappa shape index (κ1) is 52.4. The molecule has 0 aliphatic carbocycles. The molecule has 0 aromatic carbocycles. The lowest BCUT2D eigenvalue weighted by atomic mass is 10.0. The number of hydrogen-bond acceptors (Lipinski definition) is 10. The first-order chi connectivity index (χ1) is 26.6. The van der Waals surface area contributed by atoms with Crippen LogP contribution in [0.4, 0.5) is 0 Å². The summed E-state index contributed by atoms with van der Waals surface area (Å²) in [6.45, 7) is 3.32. The second kappa shape index (κ2) is 38.3. The molecule has 0 fully saturated rings. The van der Waals surface area contributed by atoms with Crippen molar-refractivity contribution in [2.24, 2.45) is 5.73 Å². The first-order valence-corrected chi connectivity index (χ1v) is 22.1. The molecule has 0 aromatic heterocycles. The maximum absolute atomic E-state index is 12.5. The highest BCUT2D eigenvalue weighted by Crippen LogP contribution is 2.43. The summed E-state index contributed by atoms with van der Waals surface area (Å²) in [5, 5.41) is 19.9. The van der Waals surface area contributed by atoms with Crippen molar-refractivity contribution in [1.29, 1.82) is 0 Å². The van der Waals surface area contributed by atoms with Gasteiger partial charge in [-0.05, 0) is 38.5 Å². The topological polar surface area (TPSA) is 175 Å². The van der Waals surface area contributed by atoms with Gasteiger partial charge >= 0.3 is 19.8 Å². The standard InChI is InChI=1S/C43H74NO10P/c1-3-5-7-8-9-10-11-12-13-14-15-20-28-34-43(48)54-41(38-53-55(49,50)52-36-35-44)37-51-42(47)33-27-19-17-16-18-24-30-40(46)32-26-22-21-25-31-39(45)29-23-6-4-2/h6,17-19,21-26,31-32,39-41,45-46H,3-5,7-16,20,27-30,33-38,44H2,1-2H3,(H,49,50)/b19-17-,22-21-,23-6-,24-18-,31-25+,32-26+/t39-,40+,41-/m1/s1. The molecule has 0 heterocycles. The minimum Gasteiger partial charge on any atom is -0.462 e. The number of esters is 2. The van der Waals surface area contributed by atoms with E-state index in [2.05, 4.69) is 6.92 Å². The van der Waals surface area contributed by atoms with Gasteiger partial charge in [0.05, 0.1) is 25.4 Å². The summed E-state index contributed by atoms with van der Waals surface area (Å²) in [7, 11) is -4.42. The molecule has 5 N–H and O–H groups in total. The fourth-order valence-corrected chi connectivity index (χ4v) is 5.95. The van der Waals surface area contributed by atoms with Crippen molar-refractivity contribution in [3.05, 3.63) is 72.9 Å². The van der Waals surface area contributed by atoms with E-state index in [0.717, 1.165) is 25.7 Å². The number of carbonyl (C=O) groups is 2. The summed E-state index contributed by atoms with van der Waals surface area (Å²) < 4.78 is 32.6. The van der Waals surface area contributed by atoms with Crippen LogP contribution in [0.2, 0.25) is 0 Å². The summed E-state index contributed by atoms with van der Waals surface area (Å²) in [4.78, 5) is 34.8. The molecule has 0 aromatic rings. The molecule has 4 atom stereocenters. The molecule has 55 heavy (non-hydrogen) atoms. The molecule has 11 nitrogen and oxygen atoms in total. The average Bonchev–Trinajstić information content (AvgIpc) is 3.16. The molecular formula is C43H74NO10P. The molecule has 0 bridgehead atoms. The number of phosphoric acid groups is 1. The van der Waals surface area contributed by atoms with E-state index in [9.17, 15) is 29.3 Å². The molecule has 316 valence electrons. The zero-order valence-corrected chi connectivity index (χ0v) is 34.7. The highest BCUT2D eigenvalue weighted by Gasteiger charge is 2.25. The van der Waals surface area contributed by atoms with Gasteiger partial charge in [-0.25, -0.2) is 4.57 Å². The number of aliphatic hydroxyl groups excluding tert-OH is 2. The lowest BCUT2D eigenvalue weighted by molar-refractivity contribution is -0.161. The zero-order valence-electron chi connectivity index (χ0n) is 33.9. The highest BCUT2D eigenvalue weighted by atomic mass is 31.2. The molecule has 0 aliphatic rings. The van der Waals surface area contributed by atoms with E-state index in [1.165, 1.54) is 57.8 Å². The van der Waals surface area contributed by atoms with Crippen LogP contribution < -0.4 is 5.73 Å². The molecule has 0 amide bonds. The van der Waals surface area contributed by atoms with Gasteiger partial charge in [-0.1, -0.05) is 164 Å². The van der Waals surface area contributed by atoms with E-state index in [4.69, 9.17) is 24.3 Å². The van der Waals surface area contributed by atoms with E-state index in [1.54, 1.807) is 36.5 Å². The minimum absolute atomic E-state index is 0.0249. The molecule has 12 heteroatoms. The SMILES string of the molecule is CC/C=C\C[C@@H](O)/C=C/C=C\C=C\[C@@H](O)C/C=C\C/C=C\CCC(=O)OC[C@H](COP(=O)(O)OCCN)OC(=O)CCCCCCCCCCCCCCC. The van der Waals surface area contributed by atoms with Crippen LogP contribution in [0.3, 0.4) is 0 Å². The number of ether oxygens (including phenoxy) is 2. The quantitative estimate of drug-likeness (QED) is 0.0155. The second-order valence-corrected chi connectivity index (χ2v) is 15.0. The number of aliphatic hydroxyl groups is 2.